The highest BCUT2D eigenvalue weighted by Crippen LogP contribution is 2.00. The molecule has 0 fully saturated rings. The summed E-state index contributed by atoms with van der Waals surface area (Å²) in [6, 6.07) is 0. The van der Waals surface area contributed by atoms with Gasteiger partial charge in [-0.15, -0.1) is 0 Å². The number of aliphatic carboxylic acids is 6. The standard InChI is InChI=1S/3C6H10O4.H2O/c3*7-5(8)3-1-2-4-6(9)10;/h3*1-4H2,(H,7,8)(H,9,10);1H2. The van der Waals surface area contributed by atoms with E-state index in [2.05, 4.69) is 0 Å². The number of hydrogen-bond acceptors (Lipinski definition) is 6. The van der Waals surface area contributed by atoms with Gasteiger partial charge in [0.1, 0.15) is 0 Å². The second-order valence-corrected chi connectivity index (χ2v) is 5.98. The van der Waals surface area contributed by atoms with E-state index in [9.17, 15) is 28.8 Å². The molecule has 31 heavy (non-hydrogen) atoms. The van der Waals surface area contributed by atoms with Crippen molar-refractivity contribution >= 4 is 35.8 Å². The van der Waals surface area contributed by atoms with E-state index < -0.39 is 35.8 Å². The molecule has 0 aromatic heterocycles. The van der Waals surface area contributed by atoms with E-state index in [1.54, 1.807) is 0 Å². The van der Waals surface area contributed by atoms with Crippen molar-refractivity contribution in [2.75, 3.05) is 0 Å². The SMILES string of the molecule is O.O=C(O)CCCCC(=O)O.O=C(O)CCCCC(=O)O.O=C(O)CCCCC(=O)O. The summed E-state index contributed by atoms with van der Waals surface area (Å²) in [5, 5.41) is 48.8. The second-order valence-electron chi connectivity index (χ2n) is 5.98. The Labute approximate surface area is 178 Å². The molecule has 0 spiro atoms. The van der Waals surface area contributed by atoms with Crippen molar-refractivity contribution < 1.29 is 64.9 Å². The van der Waals surface area contributed by atoms with Crippen LogP contribution >= 0.6 is 0 Å². The molecule has 0 aliphatic rings. The average molecular weight is 456 g/mol. The molecular weight excluding hydrogens is 424 g/mol. The van der Waals surface area contributed by atoms with Crippen LogP contribution in [0.3, 0.4) is 0 Å². The summed E-state index contributed by atoms with van der Waals surface area (Å²) in [5.74, 6) is -5.22. The summed E-state index contributed by atoms with van der Waals surface area (Å²) >= 11 is 0. The lowest BCUT2D eigenvalue weighted by Crippen LogP contribution is -1.97. The minimum absolute atomic E-state index is 0. The summed E-state index contributed by atoms with van der Waals surface area (Å²) < 4.78 is 0. The predicted octanol–water partition coefficient (Wildman–Crippen LogP) is 1.32. The zero-order chi connectivity index (χ0) is 23.9. The van der Waals surface area contributed by atoms with Crippen LogP contribution in [0.1, 0.15) is 77.0 Å². The molecule has 0 radical (unpaired) electrons. The maximum absolute atomic E-state index is 9.90. The smallest absolute Gasteiger partial charge is 0.303 e. The zero-order valence-corrected chi connectivity index (χ0v) is 17.1. The largest absolute Gasteiger partial charge is 0.481 e. The Bertz CT molecular complexity index is 418. The average Bonchev–Trinajstić information content (AvgIpc) is 2.60. The molecule has 0 heterocycles. The van der Waals surface area contributed by atoms with Crippen LogP contribution in [0, 0.1) is 0 Å². The Hall–Kier alpha value is -3.22. The summed E-state index contributed by atoms with van der Waals surface area (Å²) in [7, 11) is 0. The van der Waals surface area contributed by atoms with Crippen LogP contribution in [0.15, 0.2) is 0 Å². The van der Waals surface area contributed by atoms with Crippen molar-refractivity contribution in [2.24, 2.45) is 0 Å². The fourth-order valence-electron chi connectivity index (χ4n) is 1.66. The van der Waals surface area contributed by atoms with Crippen LogP contribution < -0.4 is 0 Å². The minimum atomic E-state index is -0.870. The Morgan fingerprint density at radius 2 is 0.419 bits per heavy atom. The molecule has 0 aliphatic heterocycles. The number of unbranched alkanes of at least 4 members (excludes halogenated alkanes) is 3. The van der Waals surface area contributed by atoms with Crippen LogP contribution in [-0.4, -0.2) is 71.9 Å². The Morgan fingerprint density at radius 1 is 0.323 bits per heavy atom. The van der Waals surface area contributed by atoms with Crippen molar-refractivity contribution in [2.45, 2.75) is 77.0 Å². The van der Waals surface area contributed by atoms with Gasteiger partial charge in [-0.25, -0.2) is 0 Å². The molecule has 0 saturated heterocycles. The first-order valence-corrected chi connectivity index (χ1v) is 9.19. The summed E-state index contributed by atoms with van der Waals surface area (Å²) in [6.07, 6.45) is 3.05. The lowest BCUT2D eigenvalue weighted by atomic mass is 10.2. The molecule has 0 saturated carbocycles. The van der Waals surface area contributed by atoms with E-state index in [0.717, 1.165) is 0 Å². The summed E-state index contributed by atoms with van der Waals surface area (Å²) in [5.41, 5.74) is 0. The minimum Gasteiger partial charge on any atom is -0.481 e. The van der Waals surface area contributed by atoms with Crippen molar-refractivity contribution in [3.8, 4) is 0 Å². The van der Waals surface area contributed by atoms with Gasteiger partial charge in [0, 0.05) is 38.5 Å². The van der Waals surface area contributed by atoms with Gasteiger partial charge in [-0.2, -0.15) is 0 Å². The third-order valence-electron chi connectivity index (χ3n) is 3.09. The van der Waals surface area contributed by atoms with Gasteiger partial charge < -0.3 is 36.1 Å². The monoisotopic (exact) mass is 456 g/mol. The van der Waals surface area contributed by atoms with Gasteiger partial charge >= 0.3 is 35.8 Å². The molecular formula is C18H32O13. The van der Waals surface area contributed by atoms with E-state index in [4.69, 9.17) is 30.6 Å². The third kappa shape index (κ3) is 52.0. The maximum atomic E-state index is 9.90. The lowest BCUT2D eigenvalue weighted by Gasteiger charge is -1.92. The van der Waals surface area contributed by atoms with Gasteiger partial charge in [-0.3, -0.25) is 28.8 Å². The van der Waals surface area contributed by atoms with Gasteiger partial charge in [-0.1, -0.05) is 0 Å². The quantitative estimate of drug-likeness (QED) is 0.191. The molecule has 0 aromatic rings. The van der Waals surface area contributed by atoms with E-state index in [-0.39, 0.29) is 44.0 Å². The van der Waals surface area contributed by atoms with Gasteiger partial charge in [0.2, 0.25) is 0 Å². The van der Waals surface area contributed by atoms with Crippen LogP contribution in [0.5, 0.6) is 0 Å². The topological polar surface area (TPSA) is 255 Å². The van der Waals surface area contributed by atoms with Crippen molar-refractivity contribution in [3.05, 3.63) is 0 Å². The van der Waals surface area contributed by atoms with Crippen molar-refractivity contribution in [3.63, 3.8) is 0 Å². The van der Waals surface area contributed by atoms with Crippen LogP contribution in [-0.2, 0) is 28.8 Å². The molecule has 13 heteroatoms. The highest BCUT2D eigenvalue weighted by molar-refractivity contribution is 5.69. The fraction of sp³-hybridized carbons (Fsp3) is 0.667. The van der Waals surface area contributed by atoms with Crippen LogP contribution in [0.25, 0.3) is 0 Å². The molecule has 0 rings (SSSR count). The van der Waals surface area contributed by atoms with Crippen molar-refractivity contribution in [1.29, 1.82) is 0 Å². The molecule has 0 atom stereocenters. The highest BCUT2D eigenvalue weighted by Gasteiger charge is 2.00. The molecule has 0 bridgehead atoms. The molecule has 182 valence electrons. The molecule has 13 nitrogen and oxygen atoms in total. The molecule has 0 unspecified atom stereocenters. The van der Waals surface area contributed by atoms with Gasteiger partial charge in [0.25, 0.3) is 0 Å². The van der Waals surface area contributed by atoms with Crippen molar-refractivity contribution in [1.82, 2.24) is 0 Å². The number of carboxylic acid groups (broad SMARTS) is 6. The van der Waals surface area contributed by atoms with Gasteiger partial charge in [-0.05, 0) is 38.5 Å². The molecule has 0 aliphatic carbocycles. The normalized spacial score (nSPS) is 8.90. The van der Waals surface area contributed by atoms with E-state index in [1.165, 1.54) is 0 Å². The first-order valence-electron chi connectivity index (χ1n) is 9.19. The van der Waals surface area contributed by atoms with Gasteiger partial charge in [0.05, 0.1) is 0 Å². The molecule has 0 amide bonds. The third-order valence-corrected chi connectivity index (χ3v) is 3.09. The number of hydrogen-bond donors (Lipinski definition) is 6. The Balaban J connectivity index is -0.000000174. The fourth-order valence-corrected chi connectivity index (χ4v) is 1.66. The molecule has 8 N–H and O–H groups in total. The predicted molar refractivity (Wildman–Crippen MR) is 105 cm³/mol. The first kappa shape index (κ1) is 35.2. The van der Waals surface area contributed by atoms with Crippen LogP contribution in [0.2, 0.25) is 0 Å². The van der Waals surface area contributed by atoms with E-state index in [1.807, 2.05) is 0 Å². The summed E-state index contributed by atoms with van der Waals surface area (Å²) in [4.78, 5) is 59.4. The van der Waals surface area contributed by atoms with E-state index >= 15 is 0 Å². The Morgan fingerprint density at radius 3 is 0.484 bits per heavy atom. The van der Waals surface area contributed by atoms with E-state index in [0.29, 0.717) is 38.5 Å². The Kier molecular flexibility index (Phi) is 28.2. The maximum Gasteiger partial charge on any atom is 0.303 e. The van der Waals surface area contributed by atoms with Gasteiger partial charge in [0.15, 0.2) is 0 Å². The molecule has 0 aromatic carbocycles. The van der Waals surface area contributed by atoms with Crippen LogP contribution in [0.4, 0.5) is 0 Å². The second kappa shape index (κ2) is 24.8. The lowest BCUT2D eigenvalue weighted by molar-refractivity contribution is -0.139. The summed E-state index contributed by atoms with van der Waals surface area (Å²) in [6.45, 7) is 0. The first-order chi connectivity index (χ1) is 13.9. The highest BCUT2D eigenvalue weighted by atomic mass is 16.4. The number of rotatable bonds is 15. The zero-order valence-electron chi connectivity index (χ0n) is 17.1. The number of carbonyl (C=O) groups is 6. The number of carboxylic acids is 6.